The van der Waals surface area contributed by atoms with Crippen molar-refractivity contribution in [3.05, 3.63) is 46.7 Å². The van der Waals surface area contributed by atoms with Gasteiger partial charge in [-0.15, -0.1) is 11.3 Å². The number of hydrogen-bond acceptors (Lipinski definition) is 5. The van der Waals surface area contributed by atoms with Crippen LogP contribution in [0, 0.1) is 5.92 Å². The molecular formula is C17H18N2O3S2. The minimum absolute atomic E-state index is 0.00726. The molecule has 1 aliphatic heterocycles. The van der Waals surface area contributed by atoms with Gasteiger partial charge in [-0.3, -0.25) is 4.79 Å². The highest BCUT2D eigenvalue weighted by Gasteiger charge is 2.24. The molecule has 0 fully saturated rings. The number of benzene rings is 1. The molecule has 0 radical (unpaired) electrons. The van der Waals surface area contributed by atoms with Gasteiger partial charge in [-0.1, -0.05) is 37.3 Å². The number of hydrogen-bond donors (Lipinski definition) is 1. The van der Waals surface area contributed by atoms with E-state index in [1.54, 1.807) is 6.08 Å². The predicted molar refractivity (Wildman–Crippen MR) is 96.6 cm³/mol. The summed E-state index contributed by atoms with van der Waals surface area (Å²) < 4.78 is 22.7. The lowest BCUT2D eigenvalue weighted by atomic mass is 10.1. The van der Waals surface area contributed by atoms with Crippen LogP contribution in [-0.2, 0) is 21.1 Å². The van der Waals surface area contributed by atoms with Crippen molar-refractivity contribution < 1.29 is 13.2 Å². The first kappa shape index (κ1) is 16.9. The van der Waals surface area contributed by atoms with Crippen LogP contribution in [0.1, 0.15) is 18.9 Å². The number of carbonyl (C=O) groups excluding carboxylic acids is 1. The van der Waals surface area contributed by atoms with Crippen LogP contribution in [0.25, 0.3) is 11.3 Å². The van der Waals surface area contributed by atoms with E-state index in [0.717, 1.165) is 17.7 Å². The molecule has 1 atom stereocenters. The number of nitrogens with zero attached hydrogens (tertiary/aromatic N) is 1. The Hall–Kier alpha value is -1.99. The molecule has 126 valence electrons. The first-order valence-corrected chi connectivity index (χ1v) is 10.3. The number of rotatable bonds is 5. The van der Waals surface area contributed by atoms with Crippen LogP contribution in [-0.4, -0.2) is 25.1 Å². The number of amides is 1. The average Bonchev–Trinajstić information content (AvgIpc) is 3.14. The van der Waals surface area contributed by atoms with Crippen LogP contribution in [0.4, 0.5) is 5.13 Å². The SMILES string of the molecule is CCc1ccc(-c2csc(NC(=O)CC3C=CS(=O)(=O)C3)n2)cc1. The van der Waals surface area contributed by atoms with Gasteiger partial charge in [0.15, 0.2) is 15.0 Å². The van der Waals surface area contributed by atoms with E-state index in [0.29, 0.717) is 5.13 Å². The van der Waals surface area contributed by atoms with Crippen molar-refractivity contribution in [2.45, 2.75) is 19.8 Å². The Labute approximate surface area is 145 Å². The molecule has 0 bridgehead atoms. The van der Waals surface area contributed by atoms with E-state index in [4.69, 9.17) is 0 Å². The second-order valence-electron chi connectivity index (χ2n) is 5.76. The molecule has 1 aromatic carbocycles. The highest BCUT2D eigenvalue weighted by atomic mass is 32.2. The zero-order chi connectivity index (χ0) is 17.2. The van der Waals surface area contributed by atoms with Gasteiger partial charge >= 0.3 is 0 Å². The van der Waals surface area contributed by atoms with Crippen LogP contribution >= 0.6 is 11.3 Å². The summed E-state index contributed by atoms with van der Waals surface area (Å²) in [7, 11) is -3.13. The van der Waals surface area contributed by atoms with Gasteiger partial charge in [0.25, 0.3) is 0 Å². The molecule has 3 rings (SSSR count). The van der Waals surface area contributed by atoms with Gasteiger partial charge in [0.05, 0.1) is 11.4 Å². The van der Waals surface area contributed by atoms with Crippen LogP contribution in [0.15, 0.2) is 41.1 Å². The van der Waals surface area contributed by atoms with E-state index in [1.807, 2.05) is 17.5 Å². The summed E-state index contributed by atoms with van der Waals surface area (Å²) in [6.45, 7) is 2.11. The molecule has 24 heavy (non-hydrogen) atoms. The number of anilines is 1. The van der Waals surface area contributed by atoms with E-state index >= 15 is 0 Å². The summed E-state index contributed by atoms with van der Waals surface area (Å²) in [6.07, 6.45) is 2.72. The average molecular weight is 362 g/mol. The molecule has 7 heteroatoms. The van der Waals surface area contributed by atoms with Crippen LogP contribution in [0.2, 0.25) is 0 Å². The molecular weight excluding hydrogens is 344 g/mol. The first-order valence-electron chi connectivity index (χ1n) is 7.71. The van der Waals surface area contributed by atoms with E-state index in [9.17, 15) is 13.2 Å². The summed E-state index contributed by atoms with van der Waals surface area (Å²) in [5.41, 5.74) is 3.09. The van der Waals surface area contributed by atoms with Crippen molar-refractivity contribution in [2.24, 2.45) is 5.92 Å². The summed E-state index contributed by atoms with van der Waals surface area (Å²) in [5.74, 6) is -0.465. The number of aryl methyl sites for hydroxylation is 1. The first-order chi connectivity index (χ1) is 11.4. The number of allylic oxidation sites excluding steroid dienone is 1. The van der Waals surface area contributed by atoms with Gasteiger partial charge in [-0.05, 0) is 12.0 Å². The number of sulfone groups is 1. The molecule has 1 aromatic heterocycles. The Balaban J connectivity index is 1.61. The monoisotopic (exact) mass is 362 g/mol. The topological polar surface area (TPSA) is 76.1 Å². The molecule has 0 aliphatic carbocycles. The Morgan fingerprint density at radius 2 is 2.08 bits per heavy atom. The van der Waals surface area contributed by atoms with Gasteiger partial charge in [-0.25, -0.2) is 13.4 Å². The third-order valence-corrected chi connectivity index (χ3v) is 6.08. The highest BCUT2D eigenvalue weighted by Crippen LogP contribution is 2.26. The van der Waals surface area contributed by atoms with E-state index in [-0.39, 0.29) is 24.0 Å². The Kier molecular flexibility index (Phi) is 4.82. The molecule has 5 nitrogen and oxygen atoms in total. The third kappa shape index (κ3) is 4.10. The van der Waals surface area contributed by atoms with Crippen LogP contribution in [0.3, 0.4) is 0 Å². The van der Waals surface area contributed by atoms with Crippen molar-refractivity contribution in [2.75, 3.05) is 11.1 Å². The lowest BCUT2D eigenvalue weighted by Gasteiger charge is -2.05. The number of carbonyl (C=O) groups is 1. The summed E-state index contributed by atoms with van der Waals surface area (Å²) in [4.78, 5) is 16.5. The molecule has 0 spiro atoms. The Morgan fingerprint density at radius 3 is 2.71 bits per heavy atom. The number of thiazole rings is 1. The second-order valence-corrected chi connectivity index (χ2v) is 8.55. The largest absolute Gasteiger partial charge is 0.302 e. The normalized spacial score (nSPS) is 18.6. The number of aromatic nitrogens is 1. The minimum Gasteiger partial charge on any atom is -0.302 e. The second kappa shape index (κ2) is 6.86. The molecule has 1 aliphatic rings. The lowest BCUT2D eigenvalue weighted by molar-refractivity contribution is -0.116. The quantitative estimate of drug-likeness (QED) is 0.886. The maximum atomic E-state index is 12.0. The lowest BCUT2D eigenvalue weighted by Crippen LogP contribution is -2.17. The van der Waals surface area contributed by atoms with Gasteiger partial charge in [0.2, 0.25) is 5.91 Å². The van der Waals surface area contributed by atoms with E-state index < -0.39 is 9.84 Å². The smallest absolute Gasteiger partial charge is 0.226 e. The van der Waals surface area contributed by atoms with Crippen LogP contribution in [0.5, 0.6) is 0 Å². The highest BCUT2D eigenvalue weighted by molar-refractivity contribution is 7.94. The predicted octanol–water partition coefficient (Wildman–Crippen LogP) is 3.26. The summed E-state index contributed by atoms with van der Waals surface area (Å²) in [6, 6.07) is 8.18. The van der Waals surface area contributed by atoms with Crippen LogP contribution < -0.4 is 5.32 Å². The fourth-order valence-electron chi connectivity index (χ4n) is 2.55. The van der Waals surface area contributed by atoms with Gasteiger partial charge in [-0.2, -0.15) is 0 Å². The van der Waals surface area contributed by atoms with Crippen molar-refractivity contribution in [3.8, 4) is 11.3 Å². The molecule has 0 saturated heterocycles. The van der Waals surface area contributed by atoms with Gasteiger partial charge in [0, 0.05) is 28.7 Å². The fraction of sp³-hybridized carbons (Fsp3) is 0.294. The standard InChI is InChI=1S/C17H18N2O3S2/c1-2-12-3-5-14(6-4-12)15-10-23-17(18-15)19-16(20)9-13-7-8-24(21,22)11-13/h3-8,10,13H,2,9,11H2,1H3,(H,18,19,20). The molecule has 1 amide bonds. The number of nitrogens with one attached hydrogen (secondary N) is 1. The van der Waals surface area contributed by atoms with Crippen molar-refractivity contribution in [3.63, 3.8) is 0 Å². The summed E-state index contributed by atoms with van der Waals surface area (Å²) >= 11 is 1.36. The van der Waals surface area contributed by atoms with E-state index in [2.05, 4.69) is 29.4 Å². The van der Waals surface area contributed by atoms with Gasteiger partial charge in [0.1, 0.15) is 0 Å². The molecule has 2 heterocycles. The van der Waals surface area contributed by atoms with Gasteiger partial charge < -0.3 is 5.32 Å². The molecule has 0 saturated carbocycles. The van der Waals surface area contributed by atoms with Crippen molar-refractivity contribution in [1.29, 1.82) is 0 Å². The van der Waals surface area contributed by atoms with Crippen molar-refractivity contribution in [1.82, 2.24) is 4.98 Å². The van der Waals surface area contributed by atoms with E-state index in [1.165, 1.54) is 22.3 Å². The minimum atomic E-state index is -3.13. The maximum Gasteiger partial charge on any atom is 0.226 e. The Bertz CT molecular complexity index is 867. The zero-order valence-electron chi connectivity index (χ0n) is 13.2. The molecule has 1 unspecified atom stereocenters. The molecule has 2 aromatic rings. The Morgan fingerprint density at radius 1 is 1.33 bits per heavy atom. The zero-order valence-corrected chi connectivity index (χ0v) is 14.9. The maximum absolute atomic E-state index is 12.0. The third-order valence-electron chi connectivity index (χ3n) is 3.86. The van der Waals surface area contributed by atoms with Crippen molar-refractivity contribution >= 4 is 32.2 Å². The molecule has 1 N–H and O–H groups in total. The fourth-order valence-corrected chi connectivity index (χ4v) is 4.69. The summed E-state index contributed by atoms with van der Waals surface area (Å²) in [5, 5.41) is 6.36.